The third-order valence-corrected chi connectivity index (χ3v) is 4.69. The van der Waals surface area contributed by atoms with Crippen LogP contribution in [-0.2, 0) is 12.8 Å². The Hall–Kier alpha value is -2.57. The number of hydrogen-bond donors (Lipinski definition) is 3. The SMILES string of the molecule is NC(=O)Oc1ccc2c(c1)CC(NC[C@H](O)COc1ccccc1)CCC2. The zero-order valence-corrected chi connectivity index (χ0v) is 15.3. The second-order valence-electron chi connectivity index (χ2n) is 6.83. The molecule has 0 radical (unpaired) electrons. The molecular formula is C21H26N2O4. The summed E-state index contributed by atoms with van der Waals surface area (Å²) in [5.41, 5.74) is 7.52. The van der Waals surface area contributed by atoms with Crippen LogP contribution in [0.4, 0.5) is 4.79 Å². The minimum atomic E-state index is -0.806. The van der Waals surface area contributed by atoms with Crippen LogP contribution in [0.3, 0.4) is 0 Å². The van der Waals surface area contributed by atoms with Gasteiger partial charge in [0.2, 0.25) is 0 Å². The van der Waals surface area contributed by atoms with Crippen molar-refractivity contribution in [2.45, 2.75) is 37.8 Å². The molecule has 0 aromatic heterocycles. The van der Waals surface area contributed by atoms with Gasteiger partial charge in [0, 0.05) is 12.6 Å². The summed E-state index contributed by atoms with van der Waals surface area (Å²) in [6.45, 7) is 0.710. The van der Waals surface area contributed by atoms with Crippen LogP contribution in [0.1, 0.15) is 24.0 Å². The van der Waals surface area contributed by atoms with Crippen molar-refractivity contribution in [2.24, 2.45) is 5.73 Å². The average Bonchev–Trinajstić information content (AvgIpc) is 2.86. The number of aliphatic hydroxyl groups excluding tert-OH is 1. The summed E-state index contributed by atoms with van der Waals surface area (Å²) in [5.74, 6) is 1.22. The van der Waals surface area contributed by atoms with Crippen molar-refractivity contribution in [3.63, 3.8) is 0 Å². The Kier molecular flexibility index (Phi) is 6.68. The molecule has 2 aromatic carbocycles. The Balaban J connectivity index is 1.51. The number of rotatable bonds is 7. The van der Waals surface area contributed by atoms with Crippen LogP contribution in [0.25, 0.3) is 0 Å². The lowest BCUT2D eigenvalue weighted by atomic mass is 10.0. The van der Waals surface area contributed by atoms with E-state index >= 15 is 0 Å². The molecule has 0 saturated carbocycles. The lowest BCUT2D eigenvalue weighted by Gasteiger charge is -2.20. The maximum absolute atomic E-state index is 11.0. The van der Waals surface area contributed by atoms with E-state index in [0.717, 1.165) is 37.0 Å². The second kappa shape index (κ2) is 9.39. The zero-order valence-electron chi connectivity index (χ0n) is 15.3. The number of amides is 1. The summed E-state index contributed by atoms with van der Waals surface area (Å²) in [6, 6.07) is 15.4. The Morgan fingerprint density at radius 2 is 2.00 bits per heavy atom. The van der Waals surface area contributed by atoms with Crippen molar-refractivity contribution in [2.75, 3.05) is 13.2 Å². The number of carbonyl (C=O) groups excluding carboxylic acids is 1. The van der Waals surface area contributed by atoms with Gasteiger partial charge in [-0.25, -0.2) is 4.79 Å². The molecule has 1 aliphatic carbocycles. The van der Waals surface area contributed by atoms with Crippen molar-refractivity contribution < 1.29 is 19.4 Å². The smallest absolute Gasteiger partial charge is 0.409 e. The van der Waals surface area contributed by atoms with Crippen LogP contribution in [-0.4, -0.2) is 36.5 Å². The molecule has 2 aromatic rings. The van der Waals surface area contributed by atoms with Gasteiger partial charge in [-0.2, -0.15) is 0 Å². The van der Waals surface area contributed by atoms with Gasteiger partial charge in [0.1, 0.15) is 24.2 Å². The van der Waals surface area contributed by atoms with Crippen LogP contribution in [0.5, 0.6) is 11.5 Å². The fraction of sp³-hybridized carbons (Fsp3) is 0.381. The van der Waals surface area contributed by atoms with Crippen LogP contribution in [0.15, 0.2) is 48.5 Å². The highest BCUT2D eigenvalue weighted by Crippen LogP contribution is 2.25. The van der Waals surface area contributed by atoms with Crippen LogP contribution in [0.2, 0.25) is 0 Å². The quantitative estimate of drug-likeness (QED) is 0.651. The normalized spacial score (nSPS) is 17.4. The van der Waals surface area contributed by atoms with E-state index in [9.17, 15) is 9.90 Å². The molecule has 0 spiro atoms. The van der Waals surface area contributed by atoms with Crippen molar-refractivity contribution >= 4 is 6.09 Å². The first kappa shape index (κ1) is 19.2. The Morgan fingerprint density at radius 3 is 2.78 bits per heavy atom. The molecule has 1 amide bonds. The number of benzene rings is 2. The number of fused-ring (bicyclic) bond motifs is 1. The number of aliphatic hydroxyl groups is 1. The number of para-hydroxylation sites is 1. The number of carbonyl (C=O) groups is 1. The predicted octanol–water partition coefficient (Wildman–Crippen LogP) is 2.42. The molecular weight excluding hydrogens is 344 g/mol. The Bertz CT molecular complexity index is 751. The van der Waals surface area contributed by atoms with Crippen molar-refractivity contribution in [3.05, 3.63) is 59.7 Å². The monoisotopic (exact) mass is 370 g/mol. The molecule has 0 fully saturated rings. The molecule has 0 saturated heterocycles. The van der Waals surface area contributed by atoms with Crippen LogP contribution in [0, 0.1) is 0 Å². The van der Waals surface area contributed by atoms with E-state index in [2.05, 4.69) is 5.32 Å². The van der Waals surface area contributed by atoms with Gasteiger partial charge in [0.25, 0.3) is 0 Å². The number of nitrogens with one attached hydrogen (secondary N) is 1. The molecule has 144 valence electrons. The minimum absolute atomic E-state index is 0.247. The molecule has 1 unspecified atom stereocenters. The van der Waals surface area contributed by atoms with E-state index in [1.165, 1.54) is 5.56 Å². The molecule has 6 heteroatoms. The molecule has 0 heterocycles. The van der Waals surface area contributed by atoms with E-state index in [1.54, 1.807) is 6.07 Å². The number of hydrogen-bond acceptors (Lipinski definition) is 5. The molecule has 0 aliphatic heterocycles. The van der Waals surface area contributed by atoms with Crippen LogP contribution < -0.4 is 20.5 Å². The average molecular weight is 370 g/mol. The lowest BCUT2D eigenvalue weighted by molar-refractivity contribution is 0.103. The van der Waals surface area contributed by atoms with E-state index in [1.807, 2.05) is 42.5 Å². The summed E-state index contributed by atoms with van der Waals surface area (Å²) >= 11 is 0. The van der Waals surface area contributed by atoms with E-state index in [4.69, 9.17) is 15.2 Å². The van der Waals surface area contributed by atoms with Gasteiger partial charge in [0.15, 0.2) is 0 Å². The van der Waals surface area contributed by atoms with E-state index < -0.39 is 12.2 Å². The number of ether oxygens (including phenoxy) is 2. The molecule has 27 heavy (non-hydrogen) atoms. The fourth-order valence-corrected chi connectivity index (χ4v) is 3.37. The van der Waals surface area contributed by atoms with Crippen molar-refractivity contribution in [1.82, 2.24) is 5.32 Å². The predicted molar refractivity (Wildman–Crippen MR) is 103 cm³/mol. The highest BCUT2D eigenvalue weighted by atomic mass is 16.5. The van der Waals surface area contributed by atoms with Crippen molar-refractivity contribution in [1.29, 1.82) is 0 Å². The maximum Gasteiger partial charge on any atom is 0.409 e. The Labute approximate surface area is 159 Å². The summed E-state index contributed by atoms with van der Waals surface area (Å²) < 4.78 is 10.6. The first-order chi connectivity index (χ1) is 13.1. The summed E-state index contributed by atoms with van der Waals surface area (Å²) in [5, 5.41) is 13.6. The topological polar surface area (TPSA) is 93.8 Å². The van der Waals surface area contributed by atoms with Gasteiger partial charge < -0.3 is 25.6 Å². The number of aryl methyl sites for hydroxylation is 1. The highest BCUT2D eigenvalue weighted by molar-refractivity contribution is 5.68. The summed E-state index contributed by atoms with van der Waals surface area (Å²) in [6.07, 6.45) is 2.50. The molecule has 1 aliphatic rings. The van der Waals surface area contributed by atoms with Gasteiger partial charge >= 0.3 is 6.09 Å². The number of nitrogens with two attached hydrogens (primary N) is 1. The third kappa shape index (κ3) is 5.98. The van der Waals surface area contributed by atoms with Gasteiger partial charge in [-0.3, -0.25) is 0 Å². The molecule has 4 N–H and O–H groups in total. The summed E-state index contributed by atoms with van der Waals surface area (Å²) in [7, 11) is 0. The number of primary amides is 1. The first-order valence-corrected chi connectivity index (χ1v) is 9.28. The van der Waals surface area contributed by atoms with Gasteiger partial charge in [-0.05, 0) is 61.1 Å². The van der Waals surface area contributed by atoms with Gasteiger partial charge in [-0.15, -0.1) is 0 Å². The zero-order chi connectivity index (χ0) is 19.1. The summed E-state index contributed by atoms with van der Waals surface area (Å²) in [4.78, 5) is 11.0. The van der Waals surface area contributed by atoms with E-state index in [-0.39, 0.29) is 12.6 Å². The molecule has 0 bridgehead atoms. The van der Waals surface area contributed by atoms with Gasteiger partial charge in [-0.1, -0.05) is 24.3 Å². The van der Waals surface area contributed by atoms with E-state index in [0.29, 0.717) is 12.3 Å². The molecule has 3 rings (SSSR count). The maximum atomic E-state index is 11.0. The standard InChI is InChI=1S/C21H26N2O4/c22-21(25)27-20-10-9-15-5-4-6-17(11-16(15)12-20)23-13-18(24)14-26-19-7-2-1-3-8-19/h1-3,7-10,12,17-18,23-24H,4-6,11,13-14H2,(H2,22,25)/t17?,18-/m0/s1. The first-order valence-electron chi connectivity index (χ1n) is 9.28. The molecule has 6 nitrogen and oxygen atoms in total. The Morgan fingerprint density at radius 1 is 1.19 bits per heavy atom. The van der Waals surface area contributed by atoms with Crippen LogP contribution >= 0.6 is 0 Å². The third-order valence-electron chi connectivity index (χ3n) is 4.69. The fourth-order valence-electron chi connectivity index (χ4n) is 3.37. The van der Waals surface area contributed by atoms with Gasteiger partial charge in [0.05, 0.1) is 0 Å². The highest BCUT2D eigenvalue weighted by Gasteiger charge is 2.18. The molecule has 2 atom stereocenters. The lowest BCUT2D eigenvalue weighted by Crippen LogP contribution is -2.39. The van der Waals surface area contributed by atoms with Crippen molar-refractivity contribution in [3.8, 4) is 11.5 Å². The largest absolute Gasteiger partial charge is 0.491 e. The second-order valence-corrected chi connectivity index (χ2v) is 6.83. The minimum Gasteiger partial charge on any atom is -0.491 e.